The molecule has 17 heavy (non-hydrogen) atoms. The van der Waals surface area contributed by atoms with Crippen molar-refractivity contribution < 1.29 is 14.4 Å². The van der Waals surface area contributed by atoms with Crippen molar-refractivity contribution >= 4 is 21.7 Å². The van der Waals surface area contributed by atoms with Crippen molar-refractivity contribution in [2.75, 3.05) is 26.9 Å². The Balaban J connectivity index is 2.27. The van der Waals surface area contributed by atoms with Gasteiger partial charge in [-0.15, -0.1) is 0 Å². The minimum absolute atomic E-state index is 0.176. The van der Waals surface area contributed by atoms with Crippen LogP contribution >= 0.6 is 15.9 Å². The highest BCUT2D eigenvalue weighted by Gasteiger charge is 2.17. The van der Waals surface area contributed by atoms with Crippen LogP contribution in [0.25, 0.3) is 0 Å². The lowest BCUT2D eigenvalue weighted by Gasteiger charge is -2.01. The van der Waals surface area contributed by atoms with Crippen LogP contribution < -0.4 is 0 Å². The summed E-state index contributed by atoms with van der Waals surface area (Å²) in [6.07, 6.45) is 2.40. The molecule has 0 bridgehead atoms. The number of aromatic nitrogens is 2. The molecule has 0 aliphatic heterocycles. The van der Waals surface area contributed by atoms with Gasteiger partial charge in [0.25, 0.3) is 0 Å². The molecule has 0 radical (unpaired) electrons. The van der Waals surface area contributed by atoms with Crippen molar-refractivity contribution in [3.63, 3.8) is 0 Å². The van der Waals surface area contributed by atoms with Gasteiger partial charge in [-0.3, -0.25) is 0 Å². The van der Waals surface area contributed by atoms with Gasteiger partial charge in [0.1, 0.15) is 4.47 Å². The van der Waals surface area contributed by atoms with Crippen LogP contribution in [0.1, 0.15) is 6.42 Å². The van der Waals surface area contributed by atoms with Crippen LogP contribution in [-0.4, -0.2) is 41.6 Å². The SMILES string of the molecule is COCCCOCCn1cc(Br)c([N+](=O)[O-])n1. The normalized spacial score (nSPS) is 10.7. The molecule has 1 heterocycles. The Bertz CT molecular complexity index is 369. The first-order valence-electron chi connectivity index (χ1n) is 5.09. The highest BCUT2D eigenvalue weighted by Crippen LogP contribution is 2.21. The van der Waals surface area contributed by atoms with Crippen molar-refractivity contribution in [1.29, 1.82) is 0 Å². The smallest absolute Gasteiger partial charge is 0.385 e. The fourth-order valence-electron chi connectivity index (χ4n) is 1.19. The van der Waals surface area contributed by atoms with E-state index in [1.807, 2.05) is 0 Å². The van der Waals surface area contributed by atoms with Gasteiger partial charge in [0.2, 0.25) is 0 Å². The van der Waals surface area contributed by atoms with E-state index in [9.17, 15) is 10.1 Å². The lowest BCUT2D eigenvalue weighted by Crippen LogP contribution is -2.08. The molecular weight excluding hydrogens is 294 g/mol. The second-order valence-electron chi connectivity index (χ2n) is 3.28. The van der Waals surface area contributed by atoms with E-state index in [0.29, 0.717) is 30.8 Å². The third kappa shape index (κ3) is 4.80. The van der Waals surface area contributed by atoms with E-state index in [2.05, 4.69) is 21.0 Å². The molecule has 8 heteroatoms. The van der Waals surface area contributed by atoms with E-state index in [4.69, 9.17) is 9.47 Å². The second-order valence-corrected chi connectivity index (χ2v) is 4.13. The Labute approximate surface area is 107 Å². The molecule has 1 rings (SSSR count). The first kappa shape index (κ1) is 14.1. The van der Waals surface area contributed by atoms with Crippen LogP contribution in [0.15, 0.2) is 10.7 Å². The van der Waals surface area contributed by atoms with Gasteiger partial charge in [0.05, 0.1) is 24.4 Å². The summed E-state index contributed by atoms with van der Waals surface area (Å²) in [6.45, 7) is 2.23. The molecule has 0 spiro atoms. The Morgan fingerprint density at radius 1 is 1.53 bits per heavy atom. The summed E-state index contributed by atoms with van der Waals surface area (Å²) in [7, 11) is 1.64. The van der Waals surface area contributed by atoms with Crippen LogP contribution in [0.4, 0.5) is 5.82 Å². The Morgan fingerprint density at radius 2 is 2.29 bits per heavy atom. The predicted molar refractivity (Wildman–Crippen MR) is 63.9 cm³/mol. The monoisotopic (exact) mass is 307 g/mol. The molecule has 0 amide bonds. The van der Waals surface area contributed by atoms with E-state index in [1.54, 1.807) is 13.3 Å². The van der Waals surface area contributed by atoms with Crippen molar-refractivity contribution in [3.05, 3.63) is 20.8 Å². The third-order valence-corrected chi connectivity index (χ3v) is 2.53. The summed E-state index contributed by atoms with van der Waals surface area (Å²) >= 11 is 3.08. The Kier molecular flexibility index (Phi) is 6.09. The van der Waals surface area contributed by atoms with Gasteiger partial charge < -0.3 is 19.6 Å². The van der Waals surface area contributed by atoms with Crippen molar-refractivity contribution in [3.8, 4) is 0 Å². The summed E-state index contributed by atoms with van der Waals surface area (Å²) in [5, 5.41) is 14.3. The zero-order valence-corrected chi connectivity index (χ0v) is 11.1. The molecule has 0 aromatic carbocycles. The summed E-state index contributed by atoms with van der Waals surface area (Å²) in [5.74, 6) is -0.176. The maximum Gasteiger partial charge on any atom is 0.404 e. The van der Waals surface area contributed by atoms with Crippen molar-refractivity contribution in [2.45, 2.75) is 13.0 Å². The molecule has 1 aromatic rings. The van der Waals surface area contributed by atoms with Crippen LogP contribution in [0, 0.1) is 10.1 Å². The number of hydrogen-bond acceptors (Lipinski definition) is 5. The fourth-order valence-corrected chi connectivity index (χ4v) is 1.65. The van der Waals surface area contributed by atoms with Gasteiger partial charge in [-0.1, -0.05) is 0 Å². The van der Waals surface area contributed by atoms with E-state index < -0.39 is 4.92 Å². The van der Waals surface area contributed by atoms with Crippen molar-refractivity contribution in [2.24, 2.45) is 0 Å². The van der Waals surface area contributed by atoms with Crippen molar-refractivity contribution in [1.82, 2.24) is 9.78 Å². The summed E-state index contributed by atoms with van der Waals surface area (Å²) in [6, 6.07) is 0. The van der Waals surface area contributed by atoms with Gasteiger partial charge in [-0.2, -0.15) is 4.68 Å². The molecular formula is C9H14BrN3O4. The topological polar surface area (TPSA) is 79.4 Å². The summed E-state index contributed by atoms with van der Waals surface area (Å²) < 4.78 is 12.1. The maximum atomic E-state index is 10.5. The van der Waals surface area contributed by atoms with Gasteiger partial charge >= 0.3 is 5.82 Å². The van der Waals surface area contributed by atoms with E-state index in [1.165, 1.54) is 4.68 Å². The summed E-state index contributed by atoms with van der Waals surface area (Å²) in [5.41, 5.74) is 0. The molecule has 0 atom stereocenters. The lowest BCUT2D eigenvalue weighted by atomic mass is 10.5. The molecule has 0 N–H and O–H groups in total. The van der Waals surface area contributed by atoms with Crippen LogP contribution in [-0.2, 0) is 16.0 Å². The summed E-state index contributed by atoms with van der Waals surface area (Å²) in [4.78, 5) is 10.0. The van der Waals surface area contributed by atoms with Gasteiger partial charge in [0, 0.05) is 20.3 Å². The largest absolute Gasteiger partial charge is 0.404 e. The molecule has 96 valence electrons. The van der Waals surface area contributed by atoms with Gasteiger partial charge in [-0.05, 0) is 27.3 Å². The number of methoxy groups -OCH3 is 1. The zero-order chi connectivity index (χ0) is 12.7. The minimum Gasteiger partial charge on any atom is -0.385 e. The van der Waals surface area contributed by atoms with Crippen LogP contribution in [0.2, 0.25) is 0 Å². The van der Waals surface area contributed by atoms with E-state index >= 15 is 0 Å². The number of ether oxygens (including phenoxy) is 2. The first-order chi connectivity index (χ1) is 8.15. The average Bonchev–Trinajstić information content (AvgIpc) is 2.65. The molecule has 7 nitrogen and oxygen atoms in total. The van der Waals surface area contributed by atoms with Crippen LogP contribution in [0.3, 0.4) is 0 Å². The van der Waals surface area contributed by atoms with Gasteiger partial charge in [0.15, 0.2) is 0 Å². The number of nitro groups is 1. The third-order valence-electron chi connectivity index (χ3n) is 1.97. The number of hydrogen-bond donors (Lipinski definition) is 0. The quantitative estimate of drug-likeness (QED) is 0.414. The fraction of sp³-hybridized carbons (Fsp3) is 0.667. The van der Waals surface area contributed by atoms with E-state index in [-0.39, 0.29) is 5.82 Å². The highest BCUT2D eigenvalue weighted by molar-refractivity contribution is 9.10. The standard InChI is InChI=1S/C9H14BrN3O4/c1-16-4-2-5-17-6-3-12-7-8(10)9(11-12)13(14)15/h7H,2-6H2,1H3. The molecule has 0 saturated carbocycles. The molecule has 0 aliphatic rings. The Morgan fingerprint density at radius 3 is 2.88 bits per heavy atom. The molecule has 1 aromatic heterocycles. The van der Waals surface area contributed by atoms with Crippen LogP contribution in [0.5, 0.6) is 0 Å². The molecule has 0 aliphatic carbocycles. The number of rotatable bonds is 8. The highest BCUT2D eigenvalue weighted by atomic mass is 79.9. The first-order valence-corrected chi connectivity index (χ1v) is 5.88. The average molecular weight is 308 g/mol. The number of halogens is 1. The number of nitrogens with zero attached hydrogens (tertiary/aromatic N) is 3. The molecule has 0 fully saturated rings. The molecule has 0 saturated heterocycles. The second kappa shape index (κ2) is 7.36. The minimum atomic E-state index is -0.528. The zero-order valence-electron chi connectivity index (χ0n) is 9.47. The van der Waals surface area contributed by atoms with Gasteiger partial charge in [-0.25, -0.2) is 0 Å². The molecule has 0 unspecified atom stereocenters. The predicted octanol–water partition coefficient (Wildman–Crippen LogP) is 1.61. The Hall–Kier alpha value is -0.990. The van der Waals surface area contributed by atoms with E-state index in [0.717, 1.165) is 6.42 Å². The maximum absolute atomic E-state index is 10.5. The lowest BCUT2D eigenvalue weighted by molar-refractivity contribution is -0.390.